The molecule has 1 aliphatic rings. The topological polar surface area (TPSA) is 118 Å². The average Bonchev–Trinajstić information content (AvgIpc) is 2.29. The first-order valence-electron chi connectivity index (χ1n) is 6.36. The van der Waals surface area contributed by atoms with E-state index in [9.17, 15) is 14.7 Å². The number of carbonyl (C=O) groups is 2. The van der Waals surface area contributed by atoms with Gasteiger partial charge < -0.3 is 21.9 Å². The molecule has 0 aliphatic heterocycles. The molecule has 18 heavy (non-hydrogen) atoms. The minimum Gasteiger partial charge on any atom is -0.388 e. The summed E-state index contributed by atoms with van der Waals surface area (Å²) in [6.45, 7) is 2.34. The van der Waals surface area contributed by atoms with Crippen molar-refractivity contribution in [3.63, 3.8) is 0 Å². The first kappa shape index (κ1) is 14.9. The second-order valence-electron chi connectivity index (χ2n) is 5.40. The first-order chi connectivity index (χ1) is 8.32. The summed E-state index contributed by atoms with van der Waals surface area (Å²) in [4.78, 5) is 22.2. The van der Waals surface area contributed by atoms with Crippen LogP contribution in [0.3, 0.4) is 0 Å². The summed E-state index contributed by atoms with van der Waals surface area (Å²) in [5.74, 6) is -0.429. The lowest BCUT2D eigenvalue weighted by molar-refractivity contribution is -0.127. The van der Waals surface area contributed by atoms with Crippen LogP contribution < -0.4 is 16.8 Å². The van der Waals surface area contributed by atoms with Crippen LogP contribution in [0.2, 0.25) is 0 Å². The Kier molecular flexibility index (Phi) is 5.10. The van der Waals surface area contributed by atoms with Gasteiger partial charge in [0.15, 0.2) is 0 Å². The van der Waals surface area contributed by atoms with E-state index < -0.39 is 23.5 Å². The van der Waals surface area contributed by atoms with Gasteiger partial charge in [-0.1, -0.05) is 6.92 Å². The zero-order valence-electron chi connectivity index (χ0n) is 10.8. The smallest absolute Gasteiger partial charge is 0.237 e. The Morgan fingerprint density at radius 2 is 2.00 bits per heavy atom. The van der Waals surface area contributed by atoms with E-state index in [0.29, 0.717) is 18.8 Å². The maximum Gasteiger partial charge on any atom is 0.237 e. The predicted octanol–water partition coefficient (Wildman–Crippen LogP) is -0.753. The van der Waals surface area contributed by atoms with Crippen LogP contribution in [-0.2, 0) is 9.59 Å². The van der Waals surface area contributed by atoms with E-state index in [4.69, 9.17) is 11.5 Å². The van der Waals surface area contributed by atoms with Gasteiger partial charge in [0.05, 0.1) is 18.1 Å². The minimum absolute atomic E-state index is 0.179. The van der Waals surface area contributed by atoms with Crippen molar-refractivity contribution in [2.75, 3.05) is 6.54 Å². The molecule has 6 N–H and O–H groups in total. The van der Waals surface area contributed by atoms with E-state index in [1.165, 1.54) is 0 Å². The fourth-order valence-electron chi connectivity index (χ4n) is 2.17. The van der Waals surface area contributed by atoms with Crippen LogP contribution in [0.15, 0.2) is 0 Å². The lowest BCUT2D eigenvalue weighted by Crippen LogP contribution is -2.50. The molecule has 1 aliphatic carbocycles. The Labute approximate surface area is 107 Å². The number of carbonyl (C=O) groups excluding carboxylic acids is 2. The van der Waals surface area contributed by atoms with Gasteiger partial charge in [-0.25, -0.2) is 0 Å². The van der Waals surface area contributed by atoms with Gasteiger partial charge in [0.2, 0.25) is 11.8 Å². The number of aliphatic hydroxyl groups is 1. The number of primary amides is 1. The lowest BCUT2D eigenvalue weighted by atomic mass is 9.79. The van der Waals surface area contributed by atoms with Crippen LogP contribution in [0.1, 0.15) is 39.0 Å². The Bertz CT molecular complexity index is 312. The molecule has 0 spiro atoms. The molecular formula is C12H23N3O3. The molecule has 0 aromatic heterocycles. The van der Waals surface area contributed by atoms with Crippen molar-refractivity contribution < 1.29 is 14.7 Å². The third-order valence-corrected chi connectivity index (χ3v) is 3.55. The quantitative estimate of drug-likeness (QED) is 0.518. The molecule has 0 aromatic carbocycles. The molecule has 0 bridgehead atoms. The zero-order chi connectivity index (χ0) is 13.8. The number of nitrogens with one attached hydrogen (secondary N) is 1. The Morgan fingerprint density at radius 1 is 1.44 bits per heavy atom. The van der Waals surface area contributed by atoms with Crippen molar-refractivity contribution >= 4 is 11.8 Å². The van der Waals surface area contributed by atoms with E-state index in [1.807, 2.05) is 0 Å². The summed E-state index contributed by atoms with van der Waals surface area (Å²) in [5.41, 5.74) is 9.63. The van der Waals surface area contributed by atoms with Gasteiger partial charge in [0.1, 0.15) is 0 Å². The fourth-order valence-corrected chi connectivity index (χ4v) is 2.17. The van der Waals surface area contributed by atoms with Crippen molar-refractivity contribution in [2.45, 2.75) is 50.7 Å². The number of rotatable bonds is 5. The highest BCUT2D eigenvalue weighted by Crippen LogP contribution is 2.31. The maximum atomic E-state index is 11.6. The molecule has 2 amide bonds. The molecule has 6 nitrogen and oxygen atoms in total. The van der Waals surface area contributed by atoms with Gasteiger partial charge in [-0.15, -0.1) is 0 Å². The molecular weight excluding hydrogens is 234 g/mol. The van der Waals surface area contributed by atoms with Crippen LogP contribution in [0.4, 0.5) is 0 Å². The highest BCUT2D eigenvalue weighted by Gasteiger charge is 2.32. The van der Waals surface area contributed by atoms with E-state index in [-0.39, 0.29) is 13.0 Å². The minimum atomic E-state index is -0.936. The predicted molar refractivity (Wildman–Crippen MR) is 67.4 cm³/mol. The molecule has 104 valence electrons. The summed E-state index contributed by atoms with van der Waals surface area (Å²) >= 11 is 0. The standard InChI is InChI=1S/C12H23N3O3/c1-8-2-4-12(18,5-3-8)7-15-11(17)9(13)6-10(14)16/h8-9,18H,2-7,13H2,1H3,(H2,14,16)(H,15,17). The first-order valence-corrected chi connectivity index (χ1v) is 6.36. The van der Waals surface area contributed by atoms with E-state index in [0.717, 1.165) is 12.8 Å². The van der Waals surface area contributed by atoms with E-state index in [1.54, 1.807) is 0 Å². The van der Waals surface area contributed by atoms with Gasteiger partial charge in [-0.05, 0) is 31.6 Å². The largest absolute Gasteiger partial charge is 0.388 e. The van der Waals surface area contributed by atoms with Gasteiger partial charge >= 0.3 is 0 Å². The zero-order valence-corrected chi connectivity index (χ0v) is 10.8. The summed E-state index contributed by atoms with van der Waals surface area (Å²) in [7, 11) is 0. The van der Waals surface area contributed by atoms with Crippen LogP contribution in [0.5, 0.6) is 0 Å². The summed E-state index contributed by atoms with van der Waals surface area (Å²) < 4.78 is 0. The number of hydrogen-bond acceptors (Lipinski definition) is 4. The normalized spacial score (nSPS) is 29.6. The molecule has 0 saturated heterocycles. The van der Waals surface area contributed by atoms with E-state index in [2.05, 4.69) is 12.2 Å². The van der Waals surface area contributed by atoms with Crippen molar-refractivity contribution in [1.29, 1.82) is 0 Å². The van der Waals surface area contributed by atoms with Crippen molar-refractivity contribution in [3.05, 3.63) is 0 Å². The van der Waals surface area contributed by atoms with Gasteiger partial charge in [-0.3, -0.25) is 9.59 Å². The summed E-state index contributed by atoms with van der Waals surface area (Å²) in [5, 5.41) is 12.8. The van der Waals surface area contributed by atoms with Crippen molar-refractivity contribution in [2.24, 2.45) is 17.4 Å². The van der Waals surface area contributed by atoms with Crippen LogP contribution in [0, 0.1) is 5.92 Å². The Hall–Kier alpha value is -1.14. The molecule has 6 heteroatoms. The van der Waals surface area contributed by atoms with Crippen LogP contribution in [0.25, 0.3) is 0 Å². The Morgan fingerprint density at radius 3 is 2.50 bits per heavy atom. The fraction of sp³-hybridized carbons (Fsp3) is 0.833. The lowest BCUT2D eigenvalue weighted by Gasteiger charge is -2.35. The second kappa shape index (κ2) is 6.15. The SMILES string of the molecule is CC1CCC(O)(CNC(=O)C(N)CC(N)=O)CC1. The van der Waals surface area contributed by atoms with E-state index >= 15 is 0 Å². The third kappa shape index (κ3) is 4.62. The van der Waals surface area contributed by atoms with Crippen LogP contribution >= 0.6 is 0 Å². The molecule has 0 heterocycles. The molecule has 1 atom stereocenters. The van der Waals surface area contributed by atoms with Gasteiger partial charge in [0, 0.05) is 6.54 Å². The summed E-state index contributed by atoms with van der Waals surface area (Å²) in [6, 6.07) is -0.936. The molecule has 1 rings (SSSR count). The highest BCUT2D eigenvalue weighted by molar-refractivity contribution is 5.87. The number of amides is 2. The van der Waals surface area contributed by atoms with Crippen molar-refractivity contribution in [3.8, 4) is 0 Å². The Balaban J connectivity index is 2.35. The molecule has 1 fully saturated rings. The maximum absolute atomic E-state index is 11.6. The number of hydrogen-bond donors (Lipinski definition) is 4. The van der Waals surface area contributed by atoms with Crippen molar-refractivity contribution in [1.82, 2.24) is 5.32 Å². The monoisotopic (exact) mass is 257 g/mol. The average molecular weight is 257 g/mol. The third-order valence-electron chi connectivity index (χ3n) is 3.55. The number of nitrogens with two attached hydrogens (primary N) is 2. The highest BCUT2D eigenvalue weighted by atomic mass is 16.3. The molecule has 0 radical (unpaired) electrons. The van der Waals surface area contributed by atoms with Gasteiger partial charge in [0.25, 0.3) is 0 Å². The molecule has 1 unspecified atom stereocenters. The van der Waals surface area contributed by atoms with Gasteiger partial charge in [-0.2, -0.15) is 0 Å². The van der Waals surface area contributed by atoms with Crippen LogP contribution in [-0.4, -0.2) is 35.1 Å². The second-order valence-corrected chi connectivity index (χ2v) is 5.40. The summed E-state index contributed by atoms with van der Waals surface area (Å²) in [6.07, 6.45) is 3.10. The molecule has 1 saturated carbocycles. The molecule has 0 aromatic rings.